The predicted octanol–water partition coefficient (Wildman–Crippen LogP) is 3.07. The van der Waals surface area contributed by atoms with Gasteiger partial charge in [-0.25, -0.2) is 0 Å². The lowest BCUT2D eigenvalue weighted by Gasteiger charge is -2.24. The molecule has 0 aliphatic carbocycles. The summed E-state index contributed by atoms with van der Waals surface area (Å²) in [7, 11) is 0. The molecule has 1 atom stereocenters. The van der Waals surface area contributed by atoms with E-state index in [2.05, 4.69) is 41.1 Å². The van der Waals surface area contributed by atoms with Gasteiger partial charge in [0.05, 0.1) is 6.10 Å². The van der Waals surface area contributed by atoms with Crippen LogP contribution in [0.3, 0.4) is 0 Å². The van der Waals surface area contributed by atoms with Gasteiger partial charge in [-0.2, -0.15) is 0 Å². The minimum absolute atomic E-state index is 0.471. The molecule has 0 saturated heterocycles. The number of nitrogens with zero attached hydrogens (tertiary/aromatic N) is 2. The summed E-state index contributed by atoms with van der Waals surface area (Å²) in [6.45, 7) is 4.80. The number of pyridine rings is 1. The molecule has 0 aliphatic heterocycles. The van der Waals surface area contributed by atoms with Crippen molar-refractivity contribution in [1.82, 2.24) is 9.88 Å². The molecule has 1 N–H and O–H groups in total. The first-order valence-corrected chi connectivity index (χ1v) is 7.64. The molecule has 2 rings (SSSR count). The summed E-state index contributed by atoms with van der Waals surface area (Å²) in [6, 6.07) is 14.3. The molecule has 1 heterocycles. The highest BCUT2D eigenvalue weighted by Crippen LogP contribution is 2.13. The fraction of sp³-hybridized carbons (Fsp3) is 0.389. The van der Waals surface area contributed by atoms with Gasteiger partial charge in [0.1, 0.15) is 0 Å². The highest BCUT2D eigenvalue weighted by molar-refractivity contribution is 5.15. The molecule has 0 amide bonds. The van der Waals surface area contributed by atoms with E-state index in [0.29, 0.717) is 6.54 Å². The minimum Gasteiger partial charge on any atom is -0.387 e. The van der Waals surface area contributed by atoms with E-state index in [1.54, 1.807) is 12.4 Å². The Morgan fingerprint density at radius 3 is 2.57 bits per heavy atom. The topological polar surface area (TPSA) is 36.4 Å². The van der Waals surface area contributed by atoms with Gasteiger partial charge in [-0.3, -0.25) is 4.98 Å². The number of hydrogen-bond donors (Lipinski definition) is 1. The molecule has 1 aromatic carbocycles. The minimum atomic E-state index is -0.471. The van der Waals surface area contributed by atoms with Crippen LogP contribution >= 0.6 is 0 Å². The number of benzene rings is 1. The first-order chi connectivity index (χ1) is 10.3. The third-order valence-electron chi connectivity index (χ3n) is 3.60. The third kappa shape index (κ3) is 5.29. The molecule has 1 unspecified atom stereocenters. The smallest absolute Gasteiger partial charge is 0.0931 e. The monoisotopic (exact) mass is 284 g/mol. The number of hydrogen-bond acceptors (Lipinski definition) is 3. The zero-order valence-electron chi connectivity index (χ0n) is 12.7. The predicted molar refractivity (Wildman–Crippen MR) is 86.1 cm³/mol. The van der Waals surface area contributed by atoms with Gasteiger partial charge >= 0.3 is 0 Å². The summed E-state index contributed by atoms with van der Waals surface area (Å²) in [4.78, 5) is 6.40. The second kappa shape index (κ2) is 8.55. The van der Waals surface area contributed by atoms with Crippen LogP contribution in [-0.4, -0.2) is 34.6 Å². The van der Waals surface area contributed by atoms with Crippen LogP contribution in [0.15, 0.2) is 54.9 Å². The lowest BCUT2D eigenvalue weighted by molar-refractivity contribution is 0.113. The second-order valence-electron chi connectivity index (χ2n) is 5.34. The number of aliphatic hydroxyl groups excluding tert-OH is 1. The zero-order chi connectivity index (χ0) is 14.9. The third-order valence-corrected chi connectivity index (χ3v) is 3.60. The van der Waals surface area contributed by atoms with Crippen LogP contribution in [0.25, 0.3) is 0 Å². The van der Waals surface area contributed by atoms with Crippen LogP contribution < -0.4 is 0 Å². The Morgan fingerprint density at radius 2 is 1.90 bits per heavy atom. The molecule has 3 heteroatoms. The van der Waals surface area contributed by atoms with E-state index in [9.17, 15) is 5.11 Å². The average molecular weight is 284 g/mol. The Labute approximate surface area is 127 Å². The highest BCUT2D eigenvalue weighted by Gasteiger charge is 2.13. The quantitative estimate of drug-likeness (QED) is 0.809. The molecule has 3 nitrogen and oxygen atoms in total. The van der Waals surface area contributed by atoms with Crippen molar-refractivity contribution >= 4 is 0 Å². The van der Waals surface area contributed by atoms with E-state index in [4.69, 9.17) is 0 Å². The maximum Gasteiger partial charge on any atom is 0.0931 e. The molecule has 1 aromatic heterocycles. The molecule has 0 fully saturated rings. The lowest BCUT2D eigenvalue weighted by Crippen LogP contribution is -2.31. The van der Waals surface area contributed by atoms with Gasteiger partial charge in [-0.1, -0.05) is 43.3 Å². The van der Waals surface area contributed by atoms with E-state index in [0.717, 1.165) is 31.5 Å². The average Bonchev–Trinajstić information content (AvgIpc) is 2.54. The van der Waals surface area contributed by atoms with Gasteiger partial charge in [0.2, 0.25) is 0 Å². The molecule has 0 saturated carbocycles. The summed E-state index contributed by atoms with van der Waals surface area (Å²) in [5.74, 6) is 0. The Hall–Kier alpha value is -1.71. The van der Waals surface area contributed by atoms with Crippen molar-refractivity contribution in [2.45, 2.75) is 25.9 Å². The van der Waals surface area contributed by atoms with Gasteiger partial charge in [0.25, 0.3) is 0 Å². The maximum atomic E-state index is 10.3. The van der Waals surface area contributed by atoms with Crippen molar-refractivity contribution in [1.29, 1.82) is 0 Å². The zero-order valence-corrected chi connectivity index (χ0v) is 12.7. The van der Waals surface area contributed by atoms with Crippen molar-refractivity contribution in [3.8, 4) is 0 Å². The fourth-order valence-corrected chi connectivity index (χ4v) is 2.47. The van der Waals surface area contributed by atoms with Crippen LogP contribution in [0.1, 0.15) is 30.6 Å². The summed E-state index contributed by atoms with van der Waals surface area (Å²) in [5, 5.41) is 10.3. The van der Waals surface area contributed by atoms with Crippen LogP contribution in [0, 0.1) is 0 Å². The van der Waals surface area contributed by atoms with E-state index in [1.165, 1.54) is 5.56 Å². The van der Waals surface area contributed by atoms with E-state index in [-0.39, 0.29) is 0 Å². The van der Waals surface area contributed by atoms with Gasteiger partial charge in [0.15, 0.2) is 0 Å². The number of aromatic nitrogens is 1. The summed E-state index contributed by atoms with van der Waals surface area (Å²) in [6.07, 6.45) is 5.11. The van der Waals surface area contributed by atoms with Crippen molar-refractivity contribution in [3.63, 3.8) is 0 Å². The molecule has 2 aromatic rings. The van der Waals surface area contributed by atoms with Crippen LogP contribution in [0.4, 0.5) is 0 Å². The SMILES string of the molecule is CCCN(CCc1ccccc1)CC(O)c1cccnc1. The molecular formula is C18H24N2O. The number of aliphatic hydroxyl groups is 1. The van der Waals surface area contributed by atoms with Gasteiger partial charge < -0.3 is 10.0 Å². The fourth-order valence-electron chi connectivity index (χ4n) is 2.47. The van der Waals surface area contributed by atoms with Gasteiger partial charge in [0, 0.05) is 31.0 Å². The van der Waals surface area contributed by atoms with E-state index in [1.807, 2.05) is 18.2 Å². The number of rotatable bonds is 8. The first kappa shape index (κ1) is 15.7. The molecule has 112 valence electrons. The Bertz CT molecular complexity index is 501. The Balaban J connectivity index is 1.89. The first-order valence-electron chi connectivity index (χ1n) is 7.64. The Kier molecular flexibility index (Phi) is 6.38. The van der Waals surface area contributed by atoms with Crippen molar-refractivity contribution in [2.24, 2.45) is 0 Å². The summed E-state index contributed by atoms with van der Waals surface area (Å²) in [5.41, 5.74) is 2.23. The lowest BCUT2D eigenvalue weighted by atomic mass is 10.1. The molecule has 0 bridgehead atoms. The van der Waals surface area contributed by atoms with Gasteiger partial charge in [-0.15, -0.1) is 0 Å². The van der Waals surface area contributed by atoms with Crippen molar-refractivity contribution in [2.75, 3.05) is 19.6 Å². The molecule has 0 aliphatic rings. The van der Waals surface area contributed by atoms with Gasteiger partial charge in [-0.05, 0) is 31.0 Å². The van der Waals surface area contributed by atoms with Crippen molar-refractivity contribution < 1.29 is 5.11 Å². The van der Waals surface area contributed by atoms with Crippen LogP contribution in [0.2, 0.25) is 0 Å². The normalized spacial score (nSPS) is 12.5. The maximum absolute atomic E-state index is 10.3. The van der Waals surface area contributed by atoms with Crippen LogP contribution in [0.5, 0.6) is 0 Å². The Morgan fingerprint density at radius 1 is 1.10 bits per heavy atom. The summed E-state index contributed by atoms with van der Waals surface area (Å²) < 4.78 is 0. The summed E-state index contributed by atoms with van der Waals surface area (Å²) >= 11 is 0. The second-order valence-corrected chi connectivity index (χ2v) is 5.34. The largest absolute Gasteiger partial charge is 0.387 e. The molecule has 0 radical (unpaired) electrons. The molecular weight excluding hydrogens is 260 g/mol. The molecule has 0 spiro atoms. The molecule has 21 heavy (non-hydrogen) atoms. The van der Waals surface area contributed by atoms with Crippen molar-refractivity contribution in [3.05, 3.63) is 66.0 Å². The highest BCUT2D eigenvalue weighted by atomic mass is 16.3. The van der Waals surface area contributed by atoms with E-state index < -0.39 is 6.10 Å². The van der Waals surface area contributed by atoms with Crippen LogP contribution in [-0.2, 0) is 6.42 Å². The van der Waals surface area contributed by atoms with E-state index >= 15 is 0 Å². The standard InChI is InChI=1S/C18H24N2O/c1-2-12-20(13-10-16-7-4-3-5-8-16)15-18(21)17-9-6-11-19-14-17/h3-9,11,14,18,21H,2,10,12-13,15H2,1H3.